The van der Waals surface area contributed by atoms with Crippen LogP contribution in [0.15, 0.2) is 34.3 Å². The maximum absolute atomic E-state index is 11.6. The van der Waals surface area contributed by atoms with Gasteiger partial charge in [-0.1, -0.05) is 17.7 Å². The van der Waals surface area contributed by atoms with Crippen molar-refractivity contribution in [3.05, 3.63) is 29.8 Å². The zero-order chi connectivity index (χ0) is 16.7. The molecule has 3 N–H and O–H groups in total. The maximum atomic E-state index is 11.6. The summed E-state index contributed by atoms with van der Waals surface area (Å²) < 4.78 is 4.18. The van der Waals surface area contributed by atoms with Crippen LogP contribution >= 0.6 is 23.3 Å². The molecule has 1 aromatic carbocycles. The van der Waals surface area contributed by atoms with Gasteiger partial charge in [0.05, 0.1) is 0 Å². The first-order valence-electron chi connectivity index (χ1n) is 6.88. The van der Waals surface area contributed by atoms with E-state index in [9.17, 15) is 9.59 Å². The van der Waals surface area contributed by atoms with Gasteiger partial charge < -0.3 is 10.4 Å². The molecule has 0 fully saturated rings. The summed E-state index contributed by atoms with van der Waals surface area (Å²) >= 11 is 2.52. The average Bonchev–Trinajstić information content (AvgIpc) is 2.93. The van der Waals surface area contributed by atoms with E-state index in [1.54, 1.807) is 0 Å². The number of urea groups is 1. The molecule has 7 nitrogen and oxygen atoms in total. The third-order valence-corrected chi connectivity index (χ3v) is 4.33. The lowest BCUT2D eigenvalue weighted by Gasteiger charge is -2.03. The molecule has 9 heteroatoms. The van der Waals surface area contributed by atoms with Crippen LogP contribution in [0.25, 0.3) is 0 Å². The van der Waals surface area contributed by atoms with Crippen LogP contribution in [-0.4, -0.2) is 33.0 Å². The van der Waals surface area contributed by atoms with Gasteiger partial charge in [0, 0.05) is 29.4 Å². The Bertz CT molecular complexity index is 673. The number of anilines is 1. The summed E-state index contributed by atoms with van der Waals surface area (Å²) in [6.45, 7) is 2.31. The third kappa shape index (κ3) is 6.25. The lowest BCUT2D eigenvalue weighted by Crippen LogP contribution is -2.29. The Hall–Kier alpha value is -2.13. The number of aliphatic carboxylic acids is 1. The first-order chi connectivity index (χ1) is 11.0. The summed E-state index contributed by atoms with van der Waals surface area (Å²) in [7, 11) is 0. The normalized spacial score (nSPS) is 10.3. The van der Waals surface area contributed by atoms with Gasteiger partial charge in [-0.25, -0.2) is 4.79 Å². The molecule has 0 bridgehead atoms. The number of hydrogen-bond acceptors (Lipinski definition) is 6. The molecule has 0 saturated heterocycles. The Morgan fingerprint density at radius 3 is 2.74 bits per heavy atom. The minimum atomic E-state index is -0.880. The van der Waals surface area contributed by atoms with E-state index in [-0.39, 0.29) is 6.42 Å². The van der Waals surface area contributed by atoms with E-state index < -0.39 is 12.0 Å². The Balaban J connectivity index is 1.78. The van der Waals surface area contributed by atoms with E-state index in [1.807, 2.05) is 31.2 Å². The van der Waals surface area contributed by atoms with Crippen LogP contribution in [0.5, 0.6) is 0 Å². The molecule has 0 aliphatic heterocycles. The van der Waals surface area contributed by atoms with Gasteiger partial charge >= 0.3 is 12.0 Å². The number of rotatable bonds is 7. The van der Waals surface area contributed by atoms with Crippen molar-refractivity contribution in [1.82, 2.24) is 14.7 Å². The molecule has 0 aliphatic carbocycles. The van der Waals surface area contributed by atoms with Crippen LogP contribution in [0.2, 0.25) is 0 Å². The molecule has 0 radical (unpaired) electrons. The van der Waals surface area contributed by atoms with Gasteiger partial charge in [-0.05, 0) is 37.2 Å². The number of carboxylic acid groups (broad SMARTS) is 1. The first-order valence-corrected chi connectivity index (χ1v) is 8.47. The Morgan fingerprint density at radius 2 is 2.04 bits per heavy atom. The summed E-state index contributed by atoms with van der Waals surface area (Å²) in [4.78, 5) is 27.2. The van der Waals surface area contributed by atoms with E-state index in [4.69, 9.17) is 5.11 Å². The largest absolute Gasteiger partial charge is 0.481 e. The van der Waals surface area contributed by atoms with E-state index in [2.05, 4.69) is 20.0 Å². The van der Waals surface area contributed by atoms with Gasteiger partial charge in [0.1, 0.15) is 0 Å². The van der Waals surface area contributed by atoms with Crippen LogP contribution in [0.1, 0.15) is 18.4 Å². The van der Waals surface area contributed by atoms with E-state index in [0.717, 1.165) is 16.4 Å². The van der Waals surface area contributed by atoms with Gasteiger partial charge in [-0.2, -0.15) is 9.36 Å². The Labute approximate surface area is 141 Å². The van der Waals surface area contributed by atoms with Crippen LogP contribution in [0.4, 0.5) is 9.93 Å². The molecule has 0 spiro atoms. The summed E-state index contributed by atoms with van der Waals surface area (Å²) in [5.41, 5.74) is 1.18. The van der Waals surface area contributed by atoms with Crippen LogP contribution in [-0.2, 0) is 4.79 Å². The SMILES string of the molecule is Cc1ccc(Sc2nsc(NC(=O)NCCCC(=O)O)n2)cc1. The van der Waals surface area contributed by atoms with Crippen molar-refractivity contribution in [3.8, 4) is 0 Å². The Morgan fingerprint density at radius 1 is 1.30 bits per heavy atom. The molecule has 1 aromatic heterocycles. The van der Waals surface area contributed by atoms with Gasteiger partial charge in [0.15, 0.2) is 0 Å². The summed E-state index contributed by atoms with van der Waals surface area (Å²) in [6, 6.07) is 7.59. The molecular formula is C14H16N4O3S2. The number of carbonyl (C=O) groups is 2. The van der Waals surface area contributed by atoms with Crippen molar-refractivity contribution in [3.63, 3.8) is 0 Å². The predicted octanol–water partition coefficient (Wildman–Crippen LogP) is 2.98. The van der Waals surface area contributed by atoms with E-state index in [1.165, 1.54) is 17.3 Å². The molecule has 0 unspecified atom stereocenters. The minimum absolute atomic E-state index is 0.0242. The highest BCUT2D eigenvalue weighted by Crippen LogP contribution is 2.27. The molecular weight excluding hydrogens is 336 g/mol. The topological polar surface area (TPSA) is 104 Å². The van der Waals surface area contributed by atoms with Crippen molar-refractivity contribution in [2.45, 2.75) is 29.8 Å². The molecule has 2 rings (SSSR count). The van der Waals surface area contributed by atoms with Crippen LogP contribution < -0.4 is 10.6 Å². The van der Waals surface area contributed by atoms with Gasteiger partial charge in [-0.3, -0.25) is 10.1 Å². The monoisotopic (exact) mass is 352 g/mol. The third-order valence-electron chi connectivity index (χ3n) is 2.71. The molecule has 1 heterocycles. The molecule has 0 atom stereocenters. The molecule has 122 valence electrons. The molecule has 0 aliphatic rings. The summed E-state index contributed by atoms with van der Waals surface area (Å²) in [5.74, 6) is -0.880. The summed E-state index contributed by atoms with van der Waals surface area (Å²) in [6.07, 6.45) is 0.407. The fourth-order valence-corrected chi connectivity index (χ4v) is 3.01. The summed E-state index contributed by atoms with van der Waals surface area (Å²) in [5, 5.41) is 14.6. The Kier molecular flexibility index (Phi) is 6.36. The van der Waals surface area contributed by atoms with Crippen molar-refractivity contribution < 1.29 is 14.7 Å². The standard InChI is InChI=1S/C14H16N4O3S2/c1-9-4-6-10(7-5-9)22-14-17-13(23-18-14)16-12(21)15-8-2-3-11(19)20/h4-7H,2-3,8H2,1H3,(H,19,20)(H2,15,16,17,18,21). The molecule has 23 heavy (non-hydrogen) atoms. The second-order valence-corrected chi connectivity index (χ2v) is 6.47. The second kappa shape index (κ2) is 8.49. The van der Waals surface area contributed by atoms with E-state index >= 15 is 0 Å². The highest BCUT2D eigenvalue weighted by atomic mass is 32.2. The zero-order valence-electron chi connectivity index (χ0n) is 12.4. The second-order valence-electron chi connectivity index (χ2n) is 4.68. The van der Waals surface area contributed by atoms with Crippen molar-refractivity contribution in [1.29, 1.82) is 0 Å². The number of carbonyl (C=O) groups excluding carboxylic acids is 1. The fourth-order valence-electron chi connectivity index (χ4n) is 1.60. The number of nitrogens with zero attached hydrogens (tertiary/aromatic N) is 2. The van der Waals surface area contributed by atoms with Crippen LogP contribution in [0, 0.1) is 6.92 Å². The number of carboxylic acids is 1. The molecule has 2 amide bonds. The highest BCUT2D eigenvalue weighted by Gasteiger charge is 2.09. The molecule has 2 aromatic rings. The van der Waals surface area contributed by atoms with Crippen molar-refractivity contribution >= 4 is 40.4 Å². The van der Waals surface area contributed by atoms with Crippen molar-refractivity contribution in [2.75, 3.05) is 11.9 Å². The van der Waals surface area contributed by atoms with Crippen LogP contribution in [0.3, 0.4) is 0 Å². The van der Waals surface area contributed by atoms with Gasteiger partial charge in [-0.15, -0.1) is 0 Å². The number of aryl methyl sites for hydroxylation is 1. The van der Waals surface area contributed by atoms with Crippen molar-refractivity contribution in [2.24, 2.45) is 0 Å². The first kappa shape index (κ1) is 17.2. The maximum Gasteiger partial charge on any atom is 0.321 e. The van der Waals surface area contributed by atoms with E-state index in [0.29, 0.717) is 23.3 Å². The zero-order valence-corrected chi connectivity index (χ0v) is 14.0. The number of amides is 2. The average molecular weight is 352 g/mol. The predicted molar refractivity (Wildman–Crippen MR) is 89.1 cm³/mol. The minimum Gasteiger partial charge on any atom is -0.481 e. The van der Waals surface area contributed by atoms with Gasteiger partial charge in [0.25, 0.3) is 0 Å². The number of nitrogens with one attached hydrogen (secondary N) is 2. The fraction of sp³-hybridized carbons (Fsp3) is 0.286. The molecule has 0 saturated carbocycles. The number of benzene rings is 1. The smallest absolute Gasteiger partial charge is 0.321 e. The number of hydrogen-bond donors (Lipinski definition) is 3. The lowest BCUT2D eigenvalue weighted by molar-refractivity contribution is -0.137. The van der Waals surface area contributed by atoms with Gasteiger partial charge in [0.2, 0.25) is 10.3 Å². The lowest BCUT2D eigenvalue weighted by atomic mass is 10.2. The quantitative estimate of drug-likeness (QED) is 0.662. The number of aromatic nitrogens is 2. The highest BCUT2D eigenvalue weighted by molar-refractivity contribution is 7.99.